The van der Waals surface area contributed by atoms with E-state index in [0.717, 1.165) is 4.48 Å². The molecule has 37 heavy (non-hydrogen) atoms. The Kier molecular flexibility index (Phi) is 25.4. The zero-order valence-electron chi connectivity index (χ0n) is 25.8. The third-order valence-corrected chi connectivity index (χ3v) is 8.45. The monoisotopic (exact) mass is 535 g/mol. The minimum absolute atomic E-state index is 0. The zero-order valence-corrected chi connectivity index (χ0v) is 26.5. The molecule has 0 heterocycles. The molecule has 0 radical (unpaired) electrons. The maximum absolute atomic E-state index is 2.49. The summed E-state index contributed by atoms with van der Waals surface area (Å²) in [5, 5.41) is 0. The second-order valence-electron chi connectivity index (χ2n) is 12.3. The number of hydrogen-bond acceptors (Lipinski definition) is 0. The fourth-order valence-corrected chi connectivity index (χ4v) is 5.94. The van der Waals surface area contributed by atoms with Crippen LogP contribution in [0, 0.1) is 0 Å². The van der Waals surface area contributed by atoms with Crippen LogP contribution in [0.1, 0.15) is 173 Å². The topological polar surface area (TPSA) is 0 Å². The second-order valence-corrected chi connectivity index (χ2v) is 12.3. The Labute approximate surface area is 240 Å². The third kappa shape index (κ3) is 20.1. The Hall–Kier alpha value is -0.530. The Morgan fingerprint density at radius 2 is 0.838 bits per heavy atom. The number of benzene rings is 1. The van der Waals surface area contributed by atoms with Gasteiger partial charge in [0.25, 0.3) is 0 Å². The van der Waals surface area contributed by atoms with Gasteiger partial charge >= 0.3 is 0 Å². The molecule has 0 aliphatic carbocycles. The highest BCUT2D eigenvalue weighted by atomic mass is 35.5. The van der Waals surface area contributed by atoms with Crippen molar-refractivity contribution in [3.8, 4) is 0 Å². The molecule has 0 fully saturated rings. The summed E-state index contributed by atoms with van der Waals surface area (Å²) in [4.78, 5) is 0. The van der Waals surface area contributed by atoms with Gasteiger partial charge in [0.2, 0.25) is 0 Å². The summed E-state index contributed by atoms with van der Waals surface area (Å²) in [7, 11) is 4.99. The Morgan fingerprint density at radius 1 is 0.486 bits per heavy atom. The molecule has 1 rings (SSSR count). The molecule has 0 saturated heterocycles. The van der Waals surface area contributed by atoms with Crippen LogP contribution < -0.4 is 12.4 Å². The van der Waals surface area contributed by atoms with Crippen molar-refractivity contribution in [2.45, 2.75) is 168 Å². The fourth-order valence-electron chi connectivity index (χ4n) is 5.94. The number of unbranched alkanes of at least 4 members (excludes halogenated alkanes) is 20. The Bertz CT molecular complexity index is 570. The van der Waals surface area contributed by atoms with Crippen LogP contribution in [0.25, 0.3) is 0 Å². The summed E-state index contributed by atoms with van der Waals surface area (Å²) in [5.74, 6) is 0. The van der Waals surface area contributed by atoms with Crippen molar-refractivity contribution in [3.05, 3.63) is 35.9 Å². The second kappa shape index (κ2) is 25.7. The van der Waals surface area contributed by atoms with Crippen LogP contribution >= 0.6 is 0 Å². The maximum atomic E-state index is 2.49. The van der Waals surface area contributed by atoms with Crippen LogP contribution in [0.2, 0.25) is 0 Å². The standard InChI is InChI=1S/C35H66N.ClH/c1-5-7-9-11-13-15-17-18-20-22-24-29-33-36(3,4)35(34-30-26-25-27-31-34)32-28-23-21-19-16-14-12-10-8-6-2;/h25-27,30-31,35H,5-24,28-29,32-33H2,1-4H3;1H/q+1;/p-1. The molecule has 1 nitrogen and oxygen atoms in total. The number of halogens is 1. The molecule has 0 aromatic heterocycles. The first-order valence-corrected chi connectivity index (χ1v) is 16.5. The lowest BCUT2D eigenvalue weighted by atomic mass is 9.96. The van der Waals surface area contributed by atoms with Gasteiger partial charge in [-0.15, -0.1) is 0 Å². The molecular formula is C35H66ClN. The molecule has 218 valence electrons. The Morgan fingerprint density at radius 3 is 1.24 bits per heavy atom. The highest BCUT2D eigenvalue weighted by Gasteiger charge is 2.28. The number of nitrogens with zero attached hydrogens (tertiary/aromatic N) is 1. The summed E-state index contributed by atoms with van der Waals surface area (Å²) < 4.78 is 1.15. The van der Waals surface area contributed by atoms with Crippen LogP contribution in [0.4, 0.5) is 0 Å². The van der Waals surface area contributed by atoms with Gasteiger partial charge in [0, 0.05) is 12.0 Å². The number of hydrogen-bond donors (Lipinski definition) is 0. The molecule has 0 aliphatic heterocycles. The van der Waals surface area contributed by atoms with Gasteiger partial charge in [-0.25, -0.2) is 0 Å². The van der Waals surface area contributed by atoms with Crippen molar-refractivity contribution in [1.82, 2.24) is 0 Å². The molecule has 0 bridgehead atoms. The number of quaternary nitrogens is 1. The van der Waals surface area contributed by atoms with E-state index in [2.05, 4.69) is 58.3 Å². The molecule has 0 spiro atoms. The molecule has 1 atom stereocenters. The lowest BCUT2D eigenvalue weighted by molar-refractivity contribution is -0.921. The van der Waals surface area contributed by atoms with Gasteiger partial charge in [0.15, 0.2) is 0 Å². The molecule has 0 amide bonds. The molecule has 0 aliphatic rings. The largest absolute Gasteiger partial charge is 1.00 e. The van der Waals surface area contributed by atoms with E-state index in [-0.39, 0.29) is 12.4 Å². The minimum atomic E-state index is 0. The quantitative estimate of drug-likeness (QED) is 0.0820. The van der Waals surface area contributed by atoms with Gasteiger partial charge in [-0.1, -0.05) is 166 Å². The van der Waals surface area contributed by atoms with E-state index < -0.39 is 0 Å². The lowest BCUT2D eigenvalue weighted by Gasteiger charge is -2.39. The molecular weight excluding hydrogens is 470 g/mol. The highest BCUT2D eigenvalue weighted by molar-refractivity contribution is 5.17. The van der Waals surface area contributed by atoms with Gasteiger partial charge in [-0.3, -0.25) is 0 Å². The maximum Gasteiger partial charge on any atom is 0.114 e. The highest BCUT2D eigenvalue weighted by Crippen LogP contribution is 2.31. The van der Waals surface area contributed by atoms with Gasteiger partial charge < -0.3 is 16.9 Å². The van der Waals surface area contributed by atoms with Crippen molar-refractivity contribution in [1.29, 1.82) is 0 Å². The zero-order chi connectivity index (χ0) is 26.2. The summed E-state index contributed by atoms with van der Waals surface area (Å²) in [6.07, 6.45) is 32.8. The molecule has 0 saturated carbocycles. The minimum Gasteiger partial charge on any atom is -1.00 e. The molecule has 1 aromatic rings. The first-order chi connectivity index (χ1) is 17.6. The third-order valence-electron chi connectivity index (χ3n) is 8.45. The molecule has 1 unspecified atom stereocenters. The average Bonchev–Trinajstić information content (AvgIpc) is 2.88. The van der Waals surface area contributed by atoms with Gasteiger partial charge in [0.05, 0.1) is 20.6 Å². The number of rotatable bonds is 26. The van der Waals surface area contributed by atoms with Gasteiger partial charge in [-0.05, 0) is 19.3 Å². The van der Waals surface area contributed by atoms with Crippen LogP contribution in [0.5, 0.6) is 0 Å². The predicted molar refractivity (Wildman–Crippen MR) is 164 cm³/mol. The van der Waals surface area contributed by atoms with Crippen molar-refractivity contribution in [3.63, 3.8) is 0 Å². The Balaban J connectivity index is 0.0000130. The normalized spacial score (nSPS) is 12.4. The first kappa shape index (κ1) is 36.5. The van der Waals surface area contributed by atoms with Crippen molar-refractivity contribution in [2.24, 2.45) is 0 Å². The van der Waals surface area contributed by atoms with Gasteiger partial charge in [0.1, 0.15) is 6.04 Å². The molecule has 0 N–H and O–H groups in total. The van der Waals surface area contributed by atoms with Crippen molar-refractivity contribution >= 4 is 0 Å². The smallest absolute Gasteiger partial charge is 0.114 e. The van der Waals surface area contributed by atoms with Crippen LogP contribution in [0.3, 0.4) is 0 Å². The fraction of sp³-hybridized carbons (Fsp3) is 0.829. The van der Waals surface area contributed by atoms with E-state index >= 15 is 0 Å². The van der Waals surface area contributed by atoms with E-state index in [1.54, 1.807) is 5.56 Å². The average molecular weight is 536 g/mol. The van der Waals surface area contributed by atoms with E-state index in [1.165, 1.54) is 154 Å². The summed E-state index contributed by atoms with van der Waals surface area (Å²) >= 11 is 0. The van der Waals surface area contributed by atoms with Crippen LogP contribution in [-0.2, 0) is 0 Å². The summed E-state index contributed by atoms with van der Waals surface area (Å²) in [6, 6.07) is 12.1. The van der Waals surface area contributed by atoms with Gasteiger partial charge in [-0.2, -0.15) is 0 Å². The predicted octanol–water partition coefficient (Wildman–Crippen LogP) is 8.82. The summed E-state index contributed by atoms with van der Waals surface area (Å²) in [6.45, 7) is 5.93. The lowest BCUT2D eigenvalue weighted by Crippen LogP contribution is -3.00. The van der Waals surface area contributed by atoms with Crippen LogP contribution in [-0.4, -0.2) is 25.1 Å². The molecule has 1 aromatic carbocycles. The van der Waals surface area contributed by atoms with E-state index in [1.807, 2.05) is 0 Å². The van der Waals surface area contributed by atoms with Crippen molar-refractivity contribution in [2.75, 3.05) is 20.6 Å². The van der Waals surface area contributed by atoms with E-state index in [0.29, 0.717) is 6.04 Å². The summed E-state index contributed by atoms with van der Waals surface area (Å²) in [5.41, 5.74) is 1.55. The van der Waals surface area contributed by atoms with Crippen molar-refractivity contribution < 1.29 is 16.9 Å². The molecule has 2 heteroatoms. The van der Waals surface area contributed by atoms with E-state index in [4.69, 9.17) is 0 Å². The SMILES string of the molecule is CCCCCCCCCCCCCC[N+](C)(C)C(CCCCCCCCCCCC)c1ccccc1.[Cl-]. The van der Waals surface area contributed by atoms with Crippen LogP contribution in [0.15, 0.2) is 30.3 Å². The first-order valence-electron chi connectivity index (χ1n) is 16.5. The van der Waals surface area contributed by atoms with E-state index in [9.17, 15) is 0 Å².